The van der Waals surface area contributed by atoms with E-state index in [0.717, 1.165) is 12.2 Å². The van der Waals surface area contributed by atoms with E-state index in [1.54, 1.807) is 0 Å². The number of aromatic nitrogens is 1. The number of hydrogen-bond donors (Lipinski definition) is 1. The smallest absolute Gasteiger partial charge is 0.213 e. The highest BCUT2D eigenvalue weighted by Crippen LogP contribution is 2.08. The van der Waals surface area contributed by atoms with Crippen LogP contribution in [-0.4, -0.2) is 24.7 Å². The molecule has 0 fully saturated rings. The monoisotopic (exact) mass is 180 g/mol. The Hall–Kier alpha value is -1.09. The first-order chi connectivity index (χ1) is 6.22. The van der Waals surface area contributed by atoms with E-state index in [-0.39, 0.29) is 6.10 Å². The highest BCUT2D eigenvalue weighted by atomic mass is 16.5. The van der Waals surface area contributed by atoms with E-state index in [0.29, 0.717) is 5.88 Å². The normalized spacial score (nSPS) is 12.5. The molecule has 1 unspecified atom stereocenters. The summed E-state index contributed by atoms with van der Waals surface area (Å²) in [7, 11) is 1.91. The second-order valence-electron chi connectivity index (χ2n) is 3.10. The van der Waals surface area contributed by atoms with Crippen LogP contribution in [-0.2, 0) is 0 Å². The average molecular weight is 180 g/mol. The summed E-state index contributed by atoms with van der Waals surface area (Å²) in [5.41, 5.74) is 0.981. The maximum atomic E-state index is 5.56. The fraction of sp³-hybridized carbons (Fsp3) is 0.500. The van der Waals surface area contributed by atoms with E-state index in [9.17, 15) is 0 Å². The van der Waals surface area contributed by atoms with Gasteiger partial charge in [-0.15, -0.1) is 0 Å². The van der Waals surface area contributed by atoms with Gasteiger partial charge in [0.25, 0.3) is 0 Å². The highest BCUT2D eigenvalue weighted by Gasteiger charge is 2.02. The zero-order valence-electron chi connectivity index (χ0n) is 8.37. The zero-order valence-corrected chi connectivity index (χ0v) is 8.37. The molecule has 0 spiro atoms. The third-order valence-electron chi connectivity index (χ3n) is 1.68. The summed E-state index contributed by atoms with van der Waals surface area (Å²) >= 11 is 0. The van der Waals surface area contributed by atoms with Crippen LogP contribution in [0.15, 0.2) is 18.2 Å². The Balaban J connectivity index is 2.53. The minimum atomic E-state index is 0.152. The second kappa shape index (κ2) is 4.82. The van der Waals surface area contributed by atoms with Crippen LogP contribution in [0.1, 0.15) is 12.6 Å². The number of pyridine rings is 1. The van der Waals surface area contributed by atoms with Gasteiger partial charge in [-0.2, -0.15) is 0 Å². The predicted molar refractivity (Wildman–Crippen MR) is 53.0 cm³/mol. The lowest BCUT2D eigenvalue weighted by Gasteiger charge is -2.13. The molecule has 0 aliphatic heterocycles. The lowest BCUT2D eigenvalue weighted by molar-refractivity contribution is 0.211. The molecular weight excluding hydrogens is 164 g/mol. The van der Waals surface area contributed by atoms with Crippen molar-refractivity contribution >= 4 is 0 Å². The van der Waals surface area contributed by atoms with E-state index in [1.807, 2.05) is 39.1 Å². The number of likely N-dealkylation sites (N-methyl/N-ethyl adjacent to an activating group) is 1. The maximum absolute atomic E-state index is 5.56. The summed E-state index contributed by atoms with van der Waals surface area (Å²) < 4.78 is 5.56. The first-order valence-corrected chi connectivity index (χ1v) is 4.47. The highest BCUT2D eigenvalue weighted by molar-refractivity contribution is 5.14. The number of rotatable bonds is 4. The summed E-state index contributed by atoms with van der Waals surface area (Å²) in [4.78, 5) is 4.25. The maximum Gasteiger partial charge on any atom is 0.213 e. The lowest BCUT2D eigenvalue weighted by atomic mass is 10.4. The van der Waals surface area contributed by atoms with Crippen molar-refractivity contribution in [2.24, 2.45) is 0 Å². The second-order valence-corrected chi connectivity index (χ2v) is 3.10. The Kier molecular flexibility index (Phi) is 3.71. The number of ether oxygens (including phenoxy) is 1. The molecule has 0 amide bonds. The van der Waals surface area contributed by atoms with Crippen LogP contribution in [0.3, 0.4) is 0 Å². The number of nitrogens with zero attached hydrogens (tertiary/aromatic N) is 1. The topological polar surface area (TPSA) is 34.1 Å². The molecule has 1 atom stereocenters. The molecule has 0 aromatic carbocycles. The van der Waals surface area contributed by atoms with Gasteiger partial charge >= 0.3 is 0 Å². The molecule has 1 aromatic heterocycles. The lowest BCUT2D eigenvalue weighted by Crippen LogP contribution is -2.26. The van der Waals surface area contributed by atoms with Crippen molar-refractivity contribution in [2.45, 2.75) is 20.0 Å². The van der Waals surface area contributed by atoms with Crippen LogP contribution in [0.25, 0.3) is 0 Å². The van der Waals surface area contributed by atoms with Crippen LogP contribution in [0.5, 0.6) is 5.88 Å². The molecule has 3 heteroatoms. The largest absolute Gasteiger partial charge is 0.473 e. The van der Waals surface area contributed by atoms with Crippen LogP contribution < -0.4 is 10.1 Å². The summed E-state index contributed by atoms with van der Waals surface area (Å²) in [6, 6.07) is 5.78. The first kappa shape index (κ1) is 9.99. The minimum absolute atomic E-state index is 0.152. The Morgan fingerprint density at radius 2 is 2.31 bits per heavy atom. The van der Waals surface area contributed by atoms with Gasteiger partial charge in [0.1, 0.15) is 6.10 Å². The van der Waals surface area contributed by atoms with Gasteiger partial charge in [-0.3, -0.25) is 0 Å². The van der Waals surface area contributed by atoms with Crippen molar-refractivity contribution in [3.05, 3.63) is 23.9 Å². The Labute approximate surface area is 79.1 Å². The van der Waals surface area contributed by atoms with Crippen molar-refractivity contribution in [1.82, 2.24) is 10.3 Å². The molecule has 0 bridgehead atoms. The van der Waals surface area contributed by atoms with Gasteiger partial charge in [-0.25, -0.2) is 4.98 Å². The van der Waals surface area contributed by atoms with Gasteiger partial charge in [0.15, 0.2) is 0 Å². The van der Waals surface area contributed by atoms with Crippen molar-refractivity contribution in [3.8, 4) is 5.88 Å². The van der Waals surface area contributed by atoms with Crippen LogP contribution in [0.4, 0.5) is 0 Å². The van der Waals surface area contributed by atoms with Gasteiger partial charge < -0.3 is 10.1 Å². The van der Waals surface area contributed by atoms with Crippen LogP contribution >= 0.6 is 0 Å². The molecule has 1 aromatic rings. The first-order valence-electron chi connectivity index (χ1n) is 4.47. The molecule has 0 radical (unpaired) electrons. The fourth-order valence-electron chi connectivity index (χ4n) is 1.12. The van der Waals surface area contributed by atoms with Crippen molar-refractivity contribution in [2.75, 3.05) is 13.6 Å². The molecule has 0 saturated heterocycles. The Bertz CT molecular complexity index is 263. The average Bonchev–Trinajstić information content (AvgIpc) is 2.04. The van der Waals surface area contributed by atoms with Crippen molar-refractivity contribution in [3.63, 3.8) is 0 Å². The van der Waals surface area contributed by atoms with Crippen LogP contribution in [0, 0.1) is 6.92 Å². The van der Waals surface area contributed by atoms with Gasteiger partial charge in [0.2, 0.25) is 5.88 Å². The standard InChI is InChI=1S/C10H16N2O/c1-8-5-4-6-10(12-8)13-9(2)7-11-3/h4-6,9,11H,7H2,1-3H3. The quantitative estimate of drug-likeness (QED) is 0.760. The molecule has 0 aliphatic carbocycles. The number of nitrogens with one attached hydrogen (secondary N) is 1. The molecule has 72 valence electrons. The molecule has 0 saturated carbocycles. The summed E-state index contributed by atoms with van der Waals surface area (Å²) in [5, 5.41) is 3.05. The van der Waals surface area contributed by atoms with E-state index in [1.165, 1.54) is 0 Å². The minimum Gasteiger partial charge on any atom is -0.473 e. The fourth-order valence-corrected chi connectivity index (χ4v) is 1.12. The van der Waals surface area contributed by atoms with E-state index in [2.05, 4.69) is 10.3 Å². The molecule has 1 heterocycles. The summed E-state index contributed by atoms with van der Waals surface area (Å²) in [6.07, 6.45) is 0.152. The predicted octanol–water partition coefficient (Wildman–Crippen LogP) is 1.38. The van der Waals surface area contributed by atoms with Gasteiger partial charge in [-0.05, 0) is 27.0 Å². The third-order valence-corrected chi connectivity index (χ3v) is 1.68. The zero-order chi connectivity index (χ0) is 9.68. The van der Waals surface area contributed by atoms with Gasteiger partial charge in [0, 0.05) is 18.3 Å². The van der Waals surface area contributed by atoms with Gasteiger partial charge in [0.05, 0.1) is 0 Å². The Morgan fingerprint density at radius 3 is 2.92 bits per heavy atom. The van der Waals surface area contributed by atoms with E-state index >= 15 is 0 Å². The molecule has 1 N–H and O–H groups in total. The van der Waals surface area contributed by atoms with Crippen molar-refractivity contribution in [1.29, 1.82) is 0 Å². The molecule has 1 rings (SSSR count). The SMILES string of the molecule is CNCC(C)Oc1cccc(C)n1. The van der Waals surface area contributed by atoms with Gasteiger partial charge in [-0.1, -0.05) is 6.07 Å². The summed E-state index contributed by atoms with van der Waals surface area (Å²) in [5.74, 6) is 0.697. The van der Waals surface area contributed by atoms with E-state index in [4.69, 9.17) is 4.74 Å². The van der Waals surface area contributed by atoms with E-state index < -0.39 is 0 Å². The molecular formula is C10H16N2O. The Morgan fingerprint density at radius 1 is 1.54 bits per heavy atom. The third kappa shape index (κ3) is 3.42. The van der Waals surface area contributed by atoms with Crippen LogP contribution in [0.2, 0.25) is 0 Å². The number of aryl methyl sites for hydroxylation is 1. The molecule has 3 nitrogen and oxygen atoms in total. The van der Waals surface area contributed by atoms with Crippen molar-refractivity contribution < 1.29 is 4.74 Å². The molecule has 13 heavy (non-hydrogen) atoms. The molecule has 0 aliphatic rings. The summed E-state index contributed by atoms with van der Waals surface area (Å²) in [6.45, 7) is 4.80. The number of hydrogen-bond acceptors (Lipinski definition) is 3.